The number of ether oxygens (including phenoxy) is 1. The average molecular weight is 717 g/mol. The van der Waals surface area contributed by atoms with Crippen LogP contribution in [0.5, 0.6) is 5.75 Å². The van der Waals surface area contributed by atoms with Gasteiger partial charge in [0.15, 0.2) is 0 Å². The van der Waals surface area contributed by atoms with E-state index < -0.39 is 36.1 Å². The fourth-order valence-corrected chi connectivity index (χ4v) is 7.09. The molecule has 1 rings (SSSR count). The van der Waals surface area contributed by atoms with Gasteiger partial charge in [0, 0.05) is 34.7 Å². The second kappa shape index (κ2) is 20.4. The van der Waals surface area contributed by atoms with Gasteiger partial charge < -0.3 is 35.0 Å². The predicted molar refractivity (Wildman–Crippen MR) is 203 cm³/mol. The number of likely N-dealkylation sites (N-methyl/N-ethyl adjacent to an activating group) is 5. The number of benzene rings is 1. The number of rotatable bonds is 19. The topological polar surface area (TPSA) is 132 Å². The molecule has 0 aliphatic rings. The zero-order valence-electron chi connectivity index (χ0n) is 34.2. The zero-order chi connectivity index (χ0) is 39.5. The lowest BCUT2D eigenvalue weighted by atomic mass is 9.93. The van der Waals surface area contributed by atoms with Crippen molar-refractivity contribution in [3.63, 3.8) is 0 Å². The highest BCUT2D eigenvalue weighted by Crippen LogP contribution is 2.24. The minimum atomic E-state index is -0.907. The van der Waals surface area contributed by atoms with Gasteiger partial charge in [0.1, 0.15) is 29.9 Å². The fourth-order valence-electron chi connectivity index (χ4n) is 7.09. The van der Waals surface area contributed by atoms with E-state index >= 15 is 0 Å². The molecule has 0 fully saturated rings. The lowest BCUT2D eigenvalue weighted by Gasteiger charge is -2.42. The van der Waals surface area contributed by atoms with Gasteiger partial charge in [-0.25, -0.2) is 0 Å². The van der Waals surface area contributed by atoms with E-state index in [-0.39, 0.29) is 53.2 Å². The van der Waals surface area contributed by atoms with E-state index in [0.717, 1.165) is 11.3 Å². The minimum absolute atomic E-state index is 0.00707. The van der Waals surface area contributed by atoms with Gasteiger partial charge in [0.2, 0.25) is 29.5 Å². The summed E-state index contributed by atoms with van der Waals surface area (Å²) in [5.74, 6) is -1.89. The Morgan fingerprint density at radius 1 is 0.588 bits per heavy atom. The predicted octanol–water partition coefficient (Wildman–Crippen LogP) is 3.53. The largest absolute Gasteiger partial charge is 0.496 e. The van der Waals surface area contributed by atoms with Crippen molar-refractivity contribution in [2.75, 3.05) is 48.9 Å². The van der Waals surface area contributed by atoms with Crippen LogP contribution in [-0.2, 0) is 30.4 Å². The molecular weight excluding hydrogens is 648 g/mol. The van der Waals surface area contributed by atoms with Crippen molar-refractivity contribution in [2.24, 2.45) is 29.6 Å². The summed E-state index contributed by atoms with van der Waals surface area (Å²) in [6, 6.07) is 3.76. The van der Waals surface area contributed by atoms with Crippen molar-refractivity contribution in [1.29, 1.82) is 0 Å². The van der Waals surface area contributed by atoms with Crippen LogP contribution in [0.3, 0.4) is 0 Å². The van der Waals surface area contributed by atoms with Crippen molar-refractivity contribution >= 4 is 29.5 Å². The van der Waals surface area contributed by atoms with E-state index in [2.05, 4.69) is 10.6 Å². The van der Waals surface area contributed by atoms with Crippen molar-refractivity contribution in [3.8, 4) is 5.75 Å². The summed E-state index contributed by atoms with van der Waals surface area (Å²) < 4.78 is 5.43. The van der Waals surface area contributed by atoms with Gasteiger partial charge in [0.05, 0.1) is 13.2 Å². The van der Waals surface area contributed by atoms with E-state index in [9.17, 15) is 24.0 Å². The van der Waals surface area contributed by atoms with Crippen molar-refractivity contribution in [1.82, 2.24) is 30.2 Å². The molecule has 1 aromatic rings. The highest BCUT2D eigenvalue weighted by Gasteiger charge is 2.43. The van der Waals surface area contributed by atoms with Crippen LogP contribution in [0.15, 0.2) is 24.3 Å². The average Bonchev–Trinajstić information content (AvgIpc) is 3.04. The van der Waals surface area contributed by atoms with Crippen LogP contribution >= 0.6 is 0 Å². The number of nitrogens with one attached hydrogen (secondary N) is 2. The molecule has 2 N–H and O–H groups in total. The molecule has 290 valence electrons. The molecule has 5 amide bonds. The molecular formula is C39H68N6O6. The van der Waals surface area contributed by atoms with Crippen LogP contribution in [-0.4, -0.2) is 128 Å². The van der Waals surface area contributed by atoms with Crippen LogP contribution in [0.4, 0.5) is 0 Å². The number of para-hydroxylation sites is 1. The van der Waals surface area contributed by atoms with Gasteiger partial charge in [-0.1, -0.05) is 87.4 Å². The third kappa shape index (κ3) is 11.4. The fraction of sp³-hybridized carbons (Fsp3) is 0.718. The maximum Gasteiger partial charge on any atom is 0.246 e. The van der Waals surface area contributed by atoms with Gasteiger partial charge in [-0.2, -0.15) is 0 Å². The normalized spacial score (nSPS) is 14.6. The third-order valence-electron chi connectivity index (χ3n) is 9.74. The van der Waals surface area contributed by atoms with E-state index in [1.165, 1.54) is 19.6 Å². The first-order valence-corrected chi connectivity index (χ1v) is 18.3. The second-order valence-electron chi connectivity index (χ2n) is 15.4. The molecule has 0 aromatic heterocycles. The highest BCUT2D eigenvalue weighted by atomic mass is 16.5. The SMILES string of the molecule is CN[C@H](C(=O)N(C)[C@H](C(=O)N(C)[C@H](C(=O)N(C)[C@H](C(=O)N(C)[C@H](C(=O)NCCc1ccccc1OC)C(C)C)C(C)C)C(C)C)C(C)C)C(C)C. The van der Waals surface area contributed by atoms with Gasteiger partial charge in [-0.15, -0.1) is 0 Å². The number of carbonyl (C=O) groups is 5. The Morgan fingerprint density at radius 3 is 1.31 bits per heavy atom. The Bertz CT molecular complexity index is 1310. The van der Waals surface area contributed by atoms with E-state index in [0.29, 0.717) is 13.0 Å². The standard InChI is InChI=1S/C39H68N6O6/c1-23(2)30(40-11)36(47)43(13)32(25(5)6)38(49)45(15)34(27(9)10)39(50)44(14)33(26(7)8)37(48)42(12)31(24(3)4)35(46)41-22-21-28-19-17-18-20-29(28)51-16/h17-20,23-27,30-34,40H,21-22H2,1-16H3,(H,41,46)/t30-,31-,32-,33-,34-/m0/s1. The van der Waals surface area contributed by atoms with Gasteiger partial charge in [0.25, 0.3) is 0 Å². The lowest BCUT2D eigenvalue weighted by molar-refractivity contribution is -0.157. The Hall–Kier alpha value is -3.67. The molecule has 12 nitrogen and oxygen atoms in total. The lowest BCUT2D eigenvalue weighted by Crippen LogP contribution is -2.62. The molecule has 0 unspecified atom stereocenters. The molecule has 0 saturated carbocycles. The Morgan fingerprint density at radius 2 is 0.961 bits per heavy atom. The first kappa shape index (κ1) is 45.4. The highest BCUT2D eigenvalue weighted by molar-refractivity contribution is 5.96. The molecule has 0 aliphatic carbocycles. The molecule has 0 saturated heterocycles. The van der Waals surface area contributed by atoms with Crippen molar-refractivity contribution in [2.45, 2.75) is 106 Å². The van der Waals surface area contributed by atoms with Gasteiger partial charge in [-0.3, -0.25) is 24.0 Å². The minimum Gasteiger partial charge on any atom is -0.496 e. The first-order chi connectivity index (χ1) is 23.7. The molecule has 0 aliphatic heterocycles. The number of amides is 5. The van der Waals surface area contributed by atoms with Crippen LogP contribution in [0.2, 0.25) is 0 Å². The quantitative estimate of drug-likeness (QED) is 0.224. The third-order valence-corrected chi connectivity index (χ3v) is 9.74. The number of methoxy groups -OCH3 is 1. The summed E-state index contributed by atoms with van der Waals surface area (Å²) in [6.45, 7) is 19.2. The number of carbonyl (C=O) groups excluding carboxylic acids is 5. The van der Waals surface area contributed by atoms with Gasteiger partial charge in [-0.05, 0) is 54.7 Å². The van der Waals surface area contributed by atoms with E-state index in [4.69, 9.17) is 4.74 Å². The Balaban J connectivity index is 3.33. The number of hydrogen-bond acceptors (Lipinski definition) is 7. The first-order valence-electron chi connectivity index (χ1n) is 18.3. The summed E-state index contributed by atoms with van der Waals surface area (Å²) in [5, 5.41) is 6.05. The smallest absolute Gasteiger partial charge is 0.246 e. The maximum absolute atomic E-state index is 14.4. The summed E-state index contributed by atoms with van der Waals surface area (Å²) in [5.41, 5.74) is 0.963. The van der Waals surface area contributed by atoms with Crippen molar-refractivity contribution < 1.29 is 28.7 Å². The van der Waals surface area contributed by atoms with E-state index in [1.54, 1.807) is 42.3 Å². The molecule has 1 aromatic carbocycles. The molecule has 0 heterocycles. The van der Waals surface area contributed by atoms with Crippen LogP contribution in [0, 0.1) is 29.6 Å². The monoisotopic (exact) mass is 717 g/mol. The zero-order valence-corrected chi connectivity index (χ0v) is 34.2. The van der Waals surface area contributed by atoms with Crippen LogP contribution in [0.25, 0.3) is 0 Å². The molecule has 0 spiro atoms. The number of hydrogen-bond donors (Lipinski definition) is 2. The summed E-state index contributed by atoms with van der Waals surface area (Å²) in [4.78, 5) is 75.7. The molecule has 0 radical (unpaired) electrons. The molecule has 5 atom stereocenters. The van der Waals surface area contributed by atoms with Gasteiger partial charge >= 0.3 is 0 Å². The molecule has 0 bridgehead atoms. The summed E-state index contributed by atoms with van der Waals surface area (Å²) in [7, 11) is 9.74. The van der Waals surface area contributed by atoms with Crippen molar-refractivity contribution in [3.05, 3.63) is 29.8 Å². The van der Waals surface area contributed by atoms with Crippen LogP contribution < -0.4 is 15.4 Å². The van der Waals surface area contributed by atoms with E-state index in [1.807, 2.05) is 93.5 Å². The maximum atomic E-state index is 14.4. The molecule has 51 heavy (non-hydrogen) atoms. The van der Waals surface area contributed by atoms with Crippen LogP contribution in [0.1, 0.15) is 74.8 Å². The Kier molecular flexibility index (Phi) is 18.1. The number of nitrogens with zero attached hydrogens (tertiary/aromatic N) is 4. The second-order valence-corrected chi connectivity index (χ2v) is 15.4. The summed E-state index contributed by atoms with van der Waals surface area (Å²) in [6.07, 6.45) is 0.558. The Labute approximate surface area is 308 Å². The summed E-state index contributed by atoms with van der Waals surface area (Å²) >= 11 is 0. The molecule has 12 heteroatoms.